The first-order valence-corrected chi connectivity index (χ1v) is 8.37. The van der Waals surface area contributed by atoms with E-state index in [9.17, 15) is 4.79 Å². The van der Waals surface area contributed by atoms with Crippen molar-refractivity contribution in [1.29, 1.82) is 0 Å². The summed E-state index contributed by atoms with van der Waals surface area (Å²) < 4.78 is 0. The van der Waals surface area contributed by atoms with E-state index in [1.165, 1.54) is 0 Å². The number of aromatic amines is 1. The molecule has 26 heavy (non-hydrogen) atoms. The zero-order chi connectivity index (χ0) is 17.9. The lowest BCUT2D eigenvalue weighted by Gasteiger charge is -2.10. The number of urea groups is 1. The van der Waals surface area contributed by atoms with Crippen LogP contribution in [0.1, 0.15) is 5.56 Å². The molecule has 0 saturated heterocycles. The normalized spacial score (nSPS) is 10.7. The lowest BCUT2D eigenvalue weighted by Crippen LogP contribution is -2.19. The van der Waals surface area contributed by atoms with E-state index in [0.717, 1.165) is 39.1 Å². The average molecular weight is 342 g/mol. The highest BCUT2D eigenvalue weighted by Crippen LogP contribution is 2.27. The van der Waals surface area contributed by atoms with Gasteiger partial charge in [0, 0.05) is 29.2 Å². The number of benzene rings is 2. The minimum atomic E-state index is -0.260. The Morgan fingerprint density at radius 1 is 0.962 bits per heavy atom. The van der Waals surface area contributed by atoms with Crippen molar-refractivity contribution in [2.45, 2.75) is 6.92 Å². The van der Waals surface area contributed by atoms with E-state index in [1.54, 1.807) is 6.20 Å². The summed E-state index contributed by atoms with van der Waals surface area (Å²) in [5.41, 5.74) is 5.59. The molecule has 4 rings (SSSR count). The van der Waals surface area contributed by atoms with Gasteiger partial charge < -0.3 is 15.6 Å². The van der Waals surface area contributed by atoms with Crippen molar-refractivity contribution in [1.82, 2.24) is 9.97 Å². The molecule has 2 heterocycles. The molecule has 0 aliphatic carbocycles. The summed E-state index contributed by atoms with van der Waals surface area (Å²) in [6.45, 7) is 1.96. The van der Waals surface area contributed by atoms with Crippen molar-refractivity contribution < 1.29 is 4.79 Å². The van der Waals surface area contributed by atoms with Crippen LogP contribution in [-0.2, 0) is 0 Å². The van der Waals surface area contributed by atoms with E-state index >= 15 is 0 Å². The molecule has 2 aromatic heterocycles. The Hall–Kier alpha value is -3.60. The Morgan fingerprint density at radius 2 is 1.77 bits per heavy atom. The van der Waals surface area contributed by atoms with Gasteiger partial charge in [-0.05, 0) is 53.9 Å². The summed E-state index contributed by atoms with van der Waals surface area (Å²) in [6, 6.07) is 19.2. The van der Waals surface area contributed by atoms with Crippen LogP contribution in [0.15, 0.2) is 73.1 Å². The molecule has 2 amide bonds. The van der Waals surface area contributed by atoms with Gasteiger partial charge in [-0.15, -0.1) is 0 Å². The van der Waals surface area contributed by atoms with Crippen LogP contribution in [0.5, 0.6) is 0 Å². The molecular weight excluding hydrogens is 324 g/mol. The first-order chi connectivity index (χ1) is 12.7. The number of amides is 2. The van der Waals surface area contributed by atoms with Crippen LogP contribution in [0.3, 0.4) is 0 Å². The van der Waals surface area contributed by atoms with Gasteiger partial charge in [0.1, 0.15) is 5.65 Å². The molecule has 0 atom stereocenters. The summed E-state index contributed by atoms with van der Waals surface area (Å²) in [7, 11) is 0. The zero-order valence-electron chi connectivity index (χ0n) is 14.3. The summed E-state index contributed by atoms with van der Waals surface area (Å²) >= 11 is 0. The third kappa shape index (κ3) is 3.15. The van der Waals surface area contributed by atoms with E-state index < -0.39 is 0 Å². The molecule has 2 aromatic carbocycles. The van der Waals surface area contributed by atoms with Crippen LogP contribution in [0.2, 0.25) is 0 Å². The number of pyridine rings is 1. The largest absolute Gasteiger partial charge is 0.346 e. The lowest BCUT2D eigenvalue weighted by molar-refractivity contribution is 0.262. The number of carbonyl (C=O) groups excluding carboxylic acids is 1. The lowest BCUT2D eigenvalue weighted by atomic mass is 10.0. The fourth-order valence-electron chi connectivity index (χ4n) is 2.94. The van der Waals surface area contributed by atoms with Crippen LogP contribution >= 0.6 is 0 Å². The van der Waals surface area contributed by atoms with Crippen LogP contribution < -0.4 is 10.6 Å². The fraction of sp³-hybridized carbons (Fsp3) is 0.0476. The highest BCUT2D eigenvalue weighted by atomic mass is 16.2. The minimum Gasteiger partial charge on any atom is -0.346 e. The highest BCUT2D eigenvalue weighted by molar-refractivity contribution is 6.00. The van der Waals surface area contributed by atoms with Crippen molar-refractivity contribution in [2.75, 3.05) is 10.6 Å². The Balaban J connectivity index is 1.50. The predicted octanol–water partition coefficient (Wildman–Crippen LogP) is 5.18. The van der Waals surface area contributed by atoms with Crippen LogP contribution in [0.25, 0.3) is 22.2 Å². The van der Waals surface area contributed by atoms with Crippen molar-refractivity contribution in [3.63, 3.8) is 0 Å². The van der Waals surface area contributed by atoms with E-state index in [-0.39, 0.29) is 6.03 Å². The number of nitrogens with one attached hydrogen (secondary N) is 3. The summed E-state index contributed by atoms with van der Waals surface area (Å²) in [5, 5.41) is 6.80. The van der Waals surface area contributed by atoms with Crippen molar-refractivity contribution in [2.24, 2.45) is 0 Å². The molecular formula is C21H18N4O. The van der Waals surface area contributed by atoms with Crippen molar-refractivity contribution in [3.8, 4) is 11.1 Å². The van der Waals surface area contributed by atoms with Crippen molar-refractivity contribution >= 4 is 28.4 Å². The maximum absolute atomic E-state index is 12.2. The molecule has 128 valence electrons. The molecule has 4 aromatic rings. The molecule has 0 bridgehead atoms. The first kappa shape index (κ1) is 15.9. The smallest absolute Gasteiger partial charge is 0.323 e. The number of carbonyl (C=O) groups is 1. The van der Waals surface area contributed by atoms with Gasteiger partial charge >= 0.3 is 6.03 Å². The number of anilines is 2. The standard InChI is InChI=1S/C21H18N4O/c1-14-4-2-3-5-19(14)25-21(26)24-16-8-6-15(7-9-16)17-10-12-22-20-18(17)11-13-23-20/h2-13H,1H3,(H,22,23)(H2,24,25,26). The molecule has 3 N–H and O–H groups in total. The van der Waals surface area contributed by atoms with Crippen LogP contribution in [0, 0.1) is 6.92 Å². The number of fused-ring (bicyclic) bond motifs is 1. The van der Waals surface area contributed by atoms with Gasteiger partial charge in [0.25, 0.3) is 0 Å². The zero-order valence-corrected chi connectivity index (χ0v) is 14.3. The van der Waals surface area contributed by atoms with Crippen LogP contribution in [0.4, 0.5) is 16.2 Å². The highest BCUT2D eigenvalue weighted by Gasteiger charge is 2.07. The van der Waals surface area contributed by atoms with Gasteiger partial charge in [-0.2, -0.15) is 0 Å². The minimum absolute atomic E-state index is 0.260. The second kappa shape index (κ2) is 6.72. The molecule has 0 saturated carbocycles. The molecule has 0 fully saturated rings. The second-order valence-corrected chi connectivity index (χ2v) is 6.07. The Bertz CT molecular complexity index is 1070. The quantitative estimate of drug-likeness (QED) is 0.480. The van der Waals surface area contributed by atoms with E-state index in [1.807, 2.05) is 73.8 Å². The van der Waals surface area contributed by atoms with E-state index in [2.05, 4.69) is 20.6 Å². The number of nitrogens with zero attached hydrogens (tertiary/aromatic N) is 1. The number of hydrogen-bond donors (Lipinski definition) is 3. The fourth-order valence-corrected chi connectivity index (χ4v) is 2.94. The summed E-state index contributed by atoms with van der Waals surface area (Å²) in [6.07, 6.45) is 3.67. The average Bonchev–Trinajstić information content (AvgIpc) is 3.13. The van der Waals surface area contributed by atoms with Gasteiger partial charge in [-0.25, -0.2) is 9.78 Å². The Kier molecular flexibility index (Phi) is 4.11. The van der Waals surface area contributed by atoms with Gasteiger partial charge in [-0.3, -0.25) is 0 Å². The Morgan fingerprint density at radius 3 is 2.58 bits per heavy atom. The third-order valence-corrected chi connectivity index (χ3v) is 4.31. The molecule has 5 heteroatoms. The van der Waals surface area contributed by atoms with Crippen molar-refractivity contribution in [3.05, 3.63) is 78.6 Å². The summed E-state index contributed by atoms with van der Waals surface area (Å²) in [4.78, 5) is 19.6. The van der Waals surface area contributed by atoms with Gasteiger partial charge in [-0.1, -0.05) is 30.3 Å². The van der Waals surface area contributed by atoms with Crippen LogP contribution in [-0.4, -0.2) is 16.0 Å². The Labute approximate surface area is 151 Å². The maximum atomic E-state index is 12.2. The SMILES string of the molecule is Cc1ccccc1NC(=O)Nc1ccc(-c2ccnc3[nH]ccc23)cc1. The molecule has 0 radical (unpaired) electrons. The maximum Gasteiger partial charge on any atom is 0.323 e. The molecule has 0 spiro atoms. The monoisotopic (exact) mass is 342 g/mol. The second-order valence-electron chi connectivity index (χ2n) is 6.07. The van der Waals surface area contributed by atoms with Gasteiger partial charge in [0.15, 0.2) is 0 Å². The van der Waals surface area contributed by atoms with Gasteiger partial charge in [0.05, 0.1) is 0 Å². The number of aryl methyl sites for hydroxylation is 1. The molecule has 5 nitrogen and oxygen atoms in total. The number of rotatable bonds is 3. The van der Waals surface area contributed by atoms with E-state index in [0.29, 0.717) is 0 Å². The molecule has 0 aliphatic rings. The topological polar surface area (TPSA) is 69.8 Å². The number of aromatic nitrogens is 2. The number of para-hydroxylation sites is 1. The molecule has 0 unspecified atom stereocenters. The molecule has 0 aliphatic heterocycles. The predicted molar refractivity (Wildman–Crippen MR) is 105 cm³/mol. The number of H-pyrrole nitrogens is 1. The summed E-state index contributed by atoms with van der Waals surface area (Å²) in [5.74, 6) is 0. The van der Waals surface area contributed by atoms with Gasteiger partial charge in [0.2, 0.25) is 0 Å². The number of hydrogen-bond acceptors (Lipinski definition) is 2. The third-order valence-electron chi connectivity index (χ3n) is 4.31. The van der Waals surface area contributed by atoms with E-state index in [4.69, 9.17) is 0 Å². The first-order valence-electron chi connectivity index (χ1n) is 8.37.